The van der Waals surface area contributed by atoms with E-state index in [-0.39, 0.29) is 0 Å². The minimum Gasteiger partial charge on any atom is -0.457 e. The first kappa shape index (κ1) is 20.5. The lowest BCUT2D eigenvalue weighted by Crippen LogP contribution is -2.00. The summed E-state index contributed by atoms with van der Waals surface area (Å²) in [4.78, 5) is 0. The van der Waals surface area contributed by atoms with Gasteiger partial charge in [0.25, 0.3) is 0 Å². The summed E-state index contributed by atoms with van der Waals surface area (Å²) in [5.74, 6) is 1.31. The van der Waals surface area contributed by atoms with Gasteiger partial charge in [-0.25, -0.2) is 0 Å². The number of aliphatic hydroxyl groups is 2. The fourth-order valence-corrected chi connectivity index (χ4v) is 3.31. The summed E-state index contributed by atoms with van der Waals surface area (Å²) in [6.45, 7) is 0. The monoisotopic (exact) mass is 412 g/mol. The van der Waals surface area contributed by atoms with Crippen LogP contribution in [0.15, 0.2) is 97.1 Å². The molecule has 0 aliphatic carbocycles. The van der Waals surface area contributed by atoms with Crippen LogP contribution in [0.3, 0.4) is 0 Å². The Hall–Kier alpha value is -3.80. The number of anilines is 2. The molecule has 0 spiro atoms. The molecule has 0 aliphatic rings. The fourth-order valence-electron chi connectivity index (χ4n) is 3.31. The van der Waals surface area contributed by atoms with Crippen LogP contribution in [-0.2, 0) is 0 Å². The molecule has 2 atom stereocenters. The molecule has 5 nitrogen and oxygen atoms in total. The first-order valence-electron chi connectivity index (χ1n) is 9.94. The van der Waals surface area contributed by atoms with E-state index in [1.54, 1.807) is 24.3 Å². The van der Waals surface area contributed by atoms with E-state index >= 15 is 0 Å². The average molecular weight is 412 g/mol. The predicted octanol–water partition coefficient (Wildman–Crippen LogP) is 4.81. The van der Waals surface area contributed by atoms with Crippen LogP contribution < -0.4 is 16.2 Å². The Morgan fingerprint density at radius 1 is 0.452 bits per heavy atom. The zero-order valence-electron chi connectivity index (χ0n) is 16.8. The van der Waals surface area contributed by atoms with Gasteiger partial charge in [0, 0.05) is 11.4 Å². The summed E-state index contributed by atoms with van der Waals surface area (Å²) in [6, 6.07) is 28.9. The van der Waals surface area contributed by atoms with Gasteiger partial charge in [-0.05, 0) is 70.8 Å². The van der Waals surface area contributed by atoms with Crippen molar-refractivity contribution in [2.45, 2.75) is 12.2 Å². The highest BCUT2D eigenvalue weighted by molar-refractivity contribution is 5.44. The highest BCUT2D eigenvalue weighted by Gasteiger charge is 2.12. The maximum atomic E-state index is 10.5. The minimum absolute atomic E-state index is 0.653. The number of nitrogen functional groups attached to an aromatic ring is 2. The molecule has 6 N–H and O–H groups in total. The summed E-state index contributed by atoms with van der Waals surface area (Å²) in [5, 5.41) is 21.1. The van der Waals surface area contributed by atoms with Crippen LogP contribution >= 0.6 is 0 Å². The number of ether oxygens (including phenoxy) is 1. The first-order valence-corrected chi connectivity index (χ1v) is 9.94. The minimum atomic E-state index is -0.733. The largest absolute Gasteiger partial charge is 0.457 e. The van der Waals surface area contributed by atoms with Gasteiger partial charge in [0.2, 0.25) is 0 Å². The van der Waals surface area contributed by atoms with Gasteiger partial charge < -0.3 is 26.4 Å². The van der Waals surface area contributed by atoms with Crippen molar-refractivity contribution in [1.29, 1.82) is 0 Å². The van der Waals surface area contributed by atoms with E-state index in [1.165, 1.54) is 0 Å². The molecule has 31 heavy (non-hydrogen) atoms. The van der Waals surface area contributed by atoms with Crippen molar-refractivity contribution >= 4 is 11.4 Å². The van der Waals surface area contributed by atoms with E-state index in [0.29, 0.717) is 22.9 Å². The third kappa shape index (κ3) is 4.86. The molecule has 4 rings (SSSR count). The molecule has 4 aromatic carbocycles. The molecule has 0 saturated heterocycles. The second-order valence-electron chi connectivity index (χ2n) is 7.38. The highest BCUT2D eigenvalue weighted by atomic mass is 16.5. The van der Waals surface area contributed by atoms with E-state index < -0.39 is 12.2 Å². The first-order chi connectivity index (χ1) is 15.0. The number of hydrogen-bond acceptors (Lipinski definition) is 5. The molecule has 0 aromatic heterocycles. The zero-order chi connectivity index (χ0) is 21.8. The van der Waals surface area contributed by atoms with Crippen molar-refractivity contribution in [1.82, 2.24) is 0 Å². The van der Waals surface area contributed by atoms with Crippen LogP contribution in [0.25, 0.3) is 0 Å². The predicted molar refractivity (Wildman–Crippen MR) is 123 cm³/mol. The van der Waals surface area contributed by atoms with Gasteiger partial charge in [-0.1, -0.05) is 48.5 Å². The smallest absolute Gasteiger partial charge is 0.127 e. The van der Waals surface area contributed by atoms with Crippen LogP contribution in [0.4, 0.5) is 11.4 Å². The Morgan fingerprint density at radius 2 is 0.710 bits per heavy atom. The van der Waals surface area contributed by atoms with E-state index in [9.17, 15) is 10.2 Å². The number of hydrogen-bond donors (Lipinski definition) is 4. The van der Waals surface area contributed by atoms with Crippen molar-refractivity contribution in [3.05, 3.63) is 119 Å². The number of rotatable bonds is 6. The van der Waals surface area contributed by atoms with Crippen LogP contribution in [0.2, 0.25) is 0 Å². The van der Waals surface area contributed by atoms with Gasteiger partial charge in [-0.15, -0.1) is 0 Å². The van der Waals surface area contributed by atoms with Gasteiger partial charge in [0.05, 0.1) is 0 Å². The van der Waals surface area contributed by atoms with E-state index in [1.807, 2.05) is 72.8 Å². The van der Waals surface area contributed by atoms with Crippen molar-refractivity contribution in [2.24, 2.45) is 0 Å². The molecule has 0 aliphatic heterocycles. The fraction of sp³-hybridized carbons (Fsp3) is 0.0769. The topological polar surface area (TPSA) is 102 Å². The van der Waals surface area contributed by atoms with Crippen LogP contribution in [0.5, 0.6) is 11.5 Å². The third-order valence-electron chi connectivity index (χ3n) is 5.13. The van der Waals surface area contributed by atoms with Gasteiger partial charge >= 0.3 is 0 Å². The molecule has 0 saturated carbocycles. The lowest BCUT2D eigenvalue weighted by atomic mass is 10.0. The lowest BCUT2D eigenvalue weighted by Gasteiger charge is -2.14. The quantitative estimate of drug-likeness (QED) is 0.341. The van der Waals surface area contributed by atoms with Gasteiger partial charge in [0.15, 0.2) is 0 Å². The molecule has 5 heteroatoms. The molecule has 156 valence electrons. The van der Waals surface area contributed by atoms with Crippen LogP contribution in [0, 0.1) is 0 Å². The normalized spacial score (nSPS) is 12.8. The number of benzene rings is 4. The number of nitrogens with two attached hydrogens (primary N) is 2. The zero-order valence-corrected chi connectivity index (χ0v) is 16.8. The van der Waals surface area contributed by atoms with Crippen molar-refractivity contribution in [2.75, 3.05) is 11.5 Å². The van der Waals surface area contributed by atoms with E-state index in [2.05, 4.69) is 0 Å². The van der Waals surface area contributed by atoms with E-state index in [0.717, 1.165) is 22.3 Å². The van der Waals surface area contributed by atoms with Crippen LogP contribution in [-0.4, -0.2) is 10.2 Å². The highest BCUT2D eigenvalue weighted by Crippen LogP contribution is 2.29. The molecule has 0 fully saturated rings. The van der Waals surface area contributed by atoms with E-state index in [4.69, 9.17) is 16.2 Å². The lowest BCUT2D eigenvalue weighted by molar-refractivity contribution is 0.220. The molecule has 0 heterocycles. The van der Waals surface area contributed by atoms with Gasteiger partial charge in [0.1, 0.15) is 23.7 Å². The summed E-state index contributed by atoms with van der Waals surface area (Å²) in [7, 11) is 0. The molecule has 0 bridgehead atoms. The Morgan fingerprint density at radius 3 is 1.00 bits per heavy atom. The standard InChI is InChI=1S/C26H24N2O3/c27-21-9-1-17(2-10-21)25(29)19-5-13-23(14-6-19)31-24-15-7-20(8-16-24)26(30)18-3-11-22(28)12-4-18/h1-16,25-26,29-30H,27-28H2. The number of aliphatic hydroxyl groups excluding tert-OH is 2. The third-order valence-corrected chi connectivity index (χ3v) is 5.13. The Balaban J connectivity index is 1.42. The molecule has 0 radical (unpaired) electrons. The second kappa shape index (κ2) is 8.92. The molecular formula is C26H24N2O3. The molecule has 4 aromatic rings. The molecular weight excluding hydrogens is 388 g/mol. The average Bonchev–Trinajstić information content (AvgIpc) is 2.80. The maximum absolute atomic E-state index is 10.5. The summed E-state index contributed by atoms with van der Waals surface area (Å²) in [5.41, 5.74) is 15.8. The Labute approximate surface area is 181 Å². The second-order valence-corrected chi connectivity index (χ2v) is 7.38. The van der Waals surface area contributed by atoms with Crippen molar-refractivity contribution in [3.8, 4) is 11.5 Å². The summed E-state index contributed by atoms with van der Waals surface area (Å²) in [6.07, 6.45) is -1.47. The SMILES string of the molecule is Nc1ccc(C(O)c2ccc(Oc3ccc(C(O)c4ccc(N)cc4)cc3)cc2)cc1. The molecule has 0 amide bonds. The summed E-state index contributed by atoms with van der Waals surface area (Å²) < 4.78 is 5.89. The van der Waals surface area contributed by atoms with Gasteiger partial charge in [-0.3, -0.25) is 0 Å². The Kier molecular flexibility index (Phi) is 5.89. The summed E-state index contributed by atoms with van der Waals surface area (Å²) >= 11 is 0. The Bertz CT molecular complexity index is 1030. The van der Waals surface area contributed by atoms with Crippen LogP contribution in [0.1, 0.15) is 34.5 Å². The van der Waals surface area contributed by atoms with Crippen molar-refractivity contribution < 1.29 is 14.9 Å². The van der Waals surface area contributed by atoms with Crippen molar-refractivity contribution in [3.63, 3.8) is 0 Å². The molecule has 2 unspecified atom stereocenters. The van der Waals surface area contributed by atoms with Gasteiger partial charge in [-0.2, -0.15) is 0 Å². The maximum Gasteiger partial charge on any atom is 0.127 e.